The van der Waals surface area contributed by atoms with Crippen LogP contribution in [0.25, 0.3) is 0 Å². The van der Waals surface area contributed by atoms with Gasteiger partial charge in [-0.2, -0.15) is 4.72 Å². The standard InChI is InChI=1S/C30H38N4O3S/c1-23-11-14-27(15-12-23)38(36,37)32-29(26-8-5-4-6-9-26)30(35)31-16-7-17-33-18-20-34(21-19-33)28-22-24(2)10-13-25(28)3/h4-6,8-11,13-15,22,29,32H,1,7,12,16-21H2,2-3H3,(H,31,35). The number of aryl methyl sites for hydroxylation is 2. The van der Waals surface area contributed by atoms with Gasteiger partial charge in [-0.3, -0.25) is 9.69 Å². The number of hydrogen-bond donors (Lipinski definition) is 2. The normalized spacial score (nSPS) is 17.3. The van der Waals surface area contributed by atoms with Gasteiger partial charge in [0.05, 0.1) is 4.91 Å². The molecule has 0 saturated carbocycles. The Morgan fingerprint density at radius 2 is 1.76 bits per heavy atom. The van der Waals surface area contributed by atoms with Crippen LogP contribution in [-0.4, -0.2) is 58.5 Å². The summed E-state index contributed by atoms with van der Waals surface area (Å²) < 4.78 is 28.7. The first-order chi connectivity index (χ1) is 18.2. The quantitative estimate of drug-likeness (QED) is 0.451. The molecule has 1 amide bonds. The lowest BCUT2D eigenvalue weighted by atomic mass is 10.1. The number of rotatable bonds is 10. The Bertz CT molecular complexity index is 1310. The Kier molecular flexibility index (Phi) is 9.20. The fourth-order valence-corrected chi connectivity index (χ4v) is 6.04. The van der Waals surface area contributed by atoms with Crippen LogP contribution in [0.15, 0.2) is 83.8 Å². The number of nitrogens with zero attached hydrogens (tertiary/aromatic N) is 2. The first-order valence-electron chi connectivity index (χ1n) is 13.2. The van der Waals surface area contributed by atoms with Gasteiger partial charge in [-0.15, -0.1) is 0 Å². The van der Waals surface area contributed by atoms with Gasteiger partial charge in [0, 0.05) is 38.4 Å². The molecule has 2 aromatic carbocycles. The van der Waals surface area contributed by atoms with Crippen molar-refractivity contribution >= 4 is 21.6 Å². The van der Waals surface area contributed by atoms with E-state index in [1.165, 1.54) is 22.9 Å². The first-order valence-corrected chi connectivity index (χ1v) is 14.7. The van der Waals surface area contributed by atoms with Gasteiger partial charge in [-0.1, -0.05) is 66.8 Å². The van der Waals surface area contributed by atoms with Gasteiger partial charge in [-0.25, -0.2) is 8.42 Å². The Labute approximate surface area is 227 Å². The zero-order valence-corrected chi connectivity index (χ0v) is 23.1. The molecule has 1 unspecified atom stereocenters. The summed E-state index contributed by atoms with van der Waals surface area (Å²) in [4.78, 5) is 18.2. The molecule has 0 bridgehead atoms. The molecule has 1 aliphatic carbocycles. The molecule has 38 heavy (non-hydrogen) atoms. The van der Waals surface area contributed by atoms with E-state index < -0.39 is 16.1 Å². The van der Waals surface area contributed by atoms with Gasteiger partial charge in [-0.05, 0) is 62.1 Å². The van der Waals surface area contributed by atoms with Gasteiger partial charge in [0.25, 0.3) is 0 Å². The maximum atomic E-state index is 13.2. The lowest BCUT2D eigenvalue weighted by molar-refractivity contribution is -0.122. The Morgan fingerprint density at radius 1 is 1.03 bits per heavy atom. The van der Waals surface area contributed by atoms with E-state index >= 15 is 0 Å². The monoisotopic (exact) mass is 534 g/mol. The number of piperazine rings is 1. The summed E-state index contributed by atoms with van der Waals surface area (Å²) in [7, 11) is -3.87. The second kappa shape index (κ2) is 12.6. The van der Waals surface area contributed by atoms with Crippen molar-refractivity contribution in [3.8, 4) is 0 Å². The molecule has 2 aliphatic rings. The van der Waals surface area contributed by atoms with Crippen LogP contribution in [-0.2, 0) is 14.8 Å². The average Bonchev–Trinajstić information content (AvgIpc) is 2.92. The SMILES string of the molecule is C=C1C=CC(S(=O)(=O)NC(C(=O)NCCCN2CCN(c3cc(C)ccc3C)CC2)c2ccccc2)=CC1. The smallest absolute Gasteiger partial charge is 0.242 e. The maximum absolute atomic E-state index is 13.2. The molecule has 1 atom stereocenters. The maximum Gasteiger partial charge on any atom is 0.242 e. The number of carbonyl (C=O) groups is 1. The summed E-state index contributed by atoms with van der Waals surface area (Å²) in [6.07, 6.45) is 6.08. The van der Waals surface area contributed by atoms with E-state index in [4.69, 9.17) is 0 Å². The predicted molar refractivity (Wildman–Crippen MR) is 154 cm³/mol. The highest BCUT2D eigenvalue weighted by molar-refractivity contribution is 7.93. The molecule has 1 aliphatic heterocycles. The third-order valence-electron chi connectivity index (χ3n) is 7.06. The van der Waals surface area contributed by atoms with Crippen LogP contribution in [0.2, 0.25) is 0 Å². The summed E-state index contributed by atoms with van der Waals surface area (Å²) in [6, 6.07) is 14.5. The Morgan fingerprint density at radius 3 is 2.45 bits per heavy atom. The molecule has 1 saturated heterocycles. The van der Waals surface area contributed by atoms with Crippen LogP contribution in [0.3, 0.4) is 0 Å². The van der Waals surface area contributed by atoms with Crippen LogP contribution in [0.1, 0.15) is 35.6 Å². The van der Waals surface area contributed by atoms with Crippen molar-refractivity contribution in [1.82, 2.24) is 14.9 Å². The van der Waals surface area contributed by atoms with E-state index in [1.807, 2.05) is 6.07 Å². The number of hydrogen-bond acceptors (Lipinski definition) is 5. The van der Waals surface area contributed by atoms with E-state index in [1.54, 1.807) is 36.4 Å². The van der Waals surface area contributed by atoms with E-state index in [9.17, 15) is 13.2 Å². The summed E-state index contributed by atoms with van der Waals surface area (Å²) in [5, 5.41) is 2.95. The van der Waals surface area contributed by atoms with Crippen LogP contribution < -0.4 is 14.9 Å². The number of carbonyl (C=O) groups excluding carboxylic acids is 1. The molecule has 0 spiro atoms. The lowest BCUT2D eigenvalue weighted by Crippen LogP contribution is -2.47. The highest BCUT2D eigenvalue weighted by Crippen LogP contribution is 2.23. The van der Waals surface area contributed by atoms with E-state index in [-0.39, 0.29) is 10.8 Å². The molecule has 1 fully saturated rings. The van der Waals surface area contributed by atoms with Gasteiger partial charge in [0.15, 0.2) is 0 Å². The molecule has 0 radical (unpaired) electrons. The molecule has 7 nitrogen and oxygen atoms in total. The topological polar surface area (TPSA) is 81.7 Å². The number of sulfonamides is 1. The molecular formula is C30H38N4O3S. The van der Waals surface area contributed by atoms with E-state index in [0.717, 1.165) is 44.7 Å². The van der Waals surface area contributed by atoms with Crippen LogP contribution >= 0.6 is 0 Å². The fourth-order valence-electron chi connectivity index (χ4n) is 4.80. The Balaban J connectivity index is 1.29. The number of nitrogens with one attached hydrogen (secondary N) is 2. The van der Waals surface area contributed by atoms with Crippen molar-refractivity contribution in [3.05, 3.63) is 101 Å². The van der Waals surface area contributed by atoms with Crippen LogP contribution in [0, 0.1) is 13.8 Å². The predicted octanol–water partition coefficient (Wildman–Crippen LogP) is 3.99. The highest BCUT2D eigenvalue weighted by atomic mass is 32.2. The number of allylic oxidation sites excluding steroid dienone is 4. The molecular weight excluding hydrogens is 496 g/mol. The van der Waals surface area contributed by atoms with Crippen molar-refractivity contribution in [3.63, 3.8) is 0 Å². The minimum atomic E-state index is -3.87. The number of amides is 1. The van der Waals surface area contributed by atoms with Gasteiger partial charge in [0.1, 0.15) is 6.04 Å². The minimum Gasteiger partial charge on any atom is -0.369 e. The molecule has 8 heteroatoms. The largest absolute Gasteiger partial charge is 0.369 e. The zero-order chi connectivity index (χ0) is 27.1. The van der Waals surface area contributed by atoms with Gasteiger partial charge < -0.3 is 10.2 Å². The highest BCUT2D eigenvalue weighted by Gasteiger charge is 2.28. The van der Waals surface area contributed by atoms with E-state index in [2.05, 4.69) is 58.5 Å². The Hall–Kier alpha value is -3.20. The van der Waals surface area contributed by atoms with Crippen molar-refractivity contribution < 1.29 is 13.2 Å². The molecule has 2 N–H and O–H groups in total. The minimum absolute atomic E-state index is 0.152. The van der Waals surface area contributed by atoms with Crippen LogP contribution in [0.5, 0.6) is 0 Å². The third kappa shape index (κ3) is 7.22. The molecule has 1 heterocycles. The van der Waals surface area contributed by atoms with Crippen molar-refractivity contribution in [2.75, 3.05) is 44.2 Å². The molecule has 4 rings (SSSR count). The van der Waals surface area contributed by atoms with Crippen molar-refractivity contribution in [2.24, 2.45) is 0 Å². The van der Waals surface area contributed by atoms with Crippen molar-refractivity contribution in [1.29, 1.82) is 0 Å². The molecule has 0 aromatic heterocycles. The molecule has 2 aromatic rings. The third-order valence-corrected chi connectivity index (χ3v) is 8.52. The lowest BCUT2D eigenvalue weighted by Gasteiger charge is -2.37. The second-order valence-corrected chi connectivity index (χ2v) is 11.7. The second-order valence-electron chi connectivity index (χ2n) is 10.0. The summed E-state index contributed by atoms with van der Waals surface area (Å²) >= 11 is 0. The summed E-state index contributed by atoms with van der Waals surface area (Å²) in [5.41, 5.74) is 5.33. The number of anilines is 1. The first kappa shape index (κ1) is 27.8. The molecule has 202 valence electrons. The summed E-state index contributed by atoms with van der Waals surface area (Å²) in [6.45, 7) is 13.4. The zero-order valence-electron chi connectivity index (χ0n) is 22.3. The van der Waals surface area contributed by atoms with Crippen LogP contribution in [0.4, 0.5) is 5.69 Å². The van der Waals surface area contributed by atoms with Gasteiger partial charge >= 0.3 is 0 Å². The van der Waals surface area contributed by atoms with Crippen molar-refractivity contribution in [2.45, 2.75) is 32.7 Å². The number of benzene rings is 2. The van der Waals surface area contributed by atoms with Gasteiger partial charge in [0.2, 0.25) is 15.9 Å². The average molecular weight is 535 g/mol. The summed E-state index contributed by atoms with van der Waals surface area (Å²) in [5.74, 6) is -0.357. The fraction of sp³-hybridized carbons (Fsp3) is 0.367. The van der Waals surface area contributed by atoms with E-state index in [0.29, 0.717) is 18.5 Å².